The van der Waals surface area contributed by atoms with Crippen LogP contribution in [0.5, 0.6) is 0 Å². The lowest BCUT2D eigenvalue weighted by Gasteiger charge is -2.19. The molecular weight excluding hydrogens is 514 g/mol. The molecule has 0 spiro atoms. The van der Waals surface area contributed by atoms with Gasteiger partial charge in [-0.15, -0.1) is 0 Å². The second-order valence-corrected chi connectivity index (χ2v) is 8.26. The average Bonchev–Trinajstić information content (AvgIpc) is 3.27. The van der Waals surface area contributed by atoms with Gasteiger partial charge in [0.1, 0.15) is 5.56 Å². The summed E-state index contributed by atoms with van der Waals surface area (Å²) in [6.45, 7) is 0. The topological polar surface area (TPSA) is 64.7 Å². The largest absolute Gasteiger partial charge is 0.459 e. The summed E-state index contributed by atoms with van der Waals surface area (Å²) in [6.07, 6.45) is -8.44. The van der Waals surface area contributed by atoms with Gasteiger partial charge in [-0.3, -0.25) is 9.48 Å². The standard InChI is InChI=1S/C20H14ClF8N5O/c1-33-15(14(19(24,25)26)16(32-33)18(22,23)20(27,28)29)9-7-30-34(8-9)11-4-5-13(21)12(6-11)17(35)31-10-2-3-10/h4-8,10H,2-3H2,1H3,(H,31,35). The lowest BCUT2D eigenvalue weighted by Crippen LogP contribution is -2.36. The fraction of sp³-hybridized carbons (Fsp3) is 0.350. The van der Waals surface area contributed by atoms with Crippen LogP contribution < -0.4 is 5.32 Å². The Hall–Kier alpha value is -3.16. The zero-order valence-electron chi connectivity index (χ0n) is 17.5. The Bertz CT molecular complexity index is 1290. The Morgan fingerprint density at radius 3 is 2.34 bits per heavy atom. The molecule has 1 aliphatic carbocycles. The van der Waals surface area contributed by atoms with Gasteiger partial charge in [-0.25, -0.2) is 4.68 Å². The lowest BCUT2D eigenvalue weighted by atomic mass is 10.0. The molecule has 1 amide bonds. The van der Waals surface area contributed by atoms with Gasteiger partial charge in [-0.05, 0) is 31.0 Å². The first-order valence-electron chi connectivity index (χ1n) is 9.86. The molecule has 0 aliphatic heterocycles. The van der Waals surface area contributed by atoms with Crippen molar-refractivity contribution >= 4 is 17.5 Å². The highest BCUT2D eigenvalue weighted by Gasteiger charge is 2.64. The maximum absolute atomic E-state index is 13.9. The number of aromatic nitrogens is 4. The predicted octanol–water partition coefficient (Wildman–Crippen LogP) is 5.49. The highest BCUT2D eigenvalue weighted by Crippen LogP contribution is 2.50. The minimum Gasteiger partial charge on any atom is -0.349 e. The minimum absolute atomic E-state index is 0.0215. The maximum Gasteiger partial charge on any atom is 0.459 e. The Balaban J connectivity index is 1.79. The predicted molar refractivity (Wildman–Crippen MR) is 106 cm³/mol. The first-order valence-corrected chi connectivity index (χ1v) is 10.2. The normalized spacial score (nSPS) is 14.9. The van der Waals surface area contributed by atoms with E-state index in [4.69, 9.17) is 11.6 Å². The van der Waals surface area contributed by atoms with Crippen molar-refractivity contribution in [1.82, 2.24) is 24.9 Å². The zero-order chi connectivity index (χ0) is 25.9. The van der Waals surface area contributed by atoms with Gasteiger partial charge in [0.15, 0.2) is 5.69 Å². The maximum atomic E-state index is 13.9. The molecule has 0 radical (unpaired) electrons. The fourth-order valence-electron chi connectivity index (χ4n) is 3.38. The summed E-state index contributed by atoms with van der Waals surface area (Å²) in [7, 11) is 0.806. The van der Waals surface area contributed by atoms with Crippen LogP contribution in [0.2, 0.25) is 5.02 Å². The Morgan fingerprint density at radius 2 is 1.77 bits per heavy atom. The molecule has 35 heavy (non-hydrogen) atoms. The number of aryl methyl sites for hydroxylation is 1. The summed E-state index contributed by atoms with van der Waals surface area (Å²) < 4.78 is 109. The molecule has 0 unspecified atom stereocenters. The van der Waals surface area contributed by atoms with Crippen molar-refractivity contribution in [2.45, 2.75) is 37.2 Å². The lowest BCUT2D eigenvalue weighted by molar-refractivity contribution is -0.292. The van der Waals surface area contributed by atoms with Crippen molar-refractivity contribution in [3.63, 3.8) is 0 Å². The molecule has 2 heterocycles. The van der Waals surface area contributed by atoms with Crippen LogP contribution in [0.15, 0.2) is 30.6 Å². The summed E-state index contributed by atoms with van der Waals surface area (Å²) in [5.74, 6) is -6.33. The van der Waals surface area contributed by atoms with E-state index in [0.717, 1.165) is 37.0 Å². The Morgan fingerprint density at radius 1 is 1.11 bits per heavy atom. The Kier molecular flexibility index (Phi) is 5.85. The summed E-state index contributed by atoms with van der Waals surface area (Å²) in [4.78, 5) is 12.4. The van der Waals surface area contributed by atoms with E-state index in [1.165, 1.54) is 18.2 Å². The number of carbonyl (C=O) groups excluding carboxylic acids is 1. The second kappa shape index (κ2) is 8.21. The van der Waals surface area contributed by atoms with E-state index in [2.05, 4.69) is 15.5 Å². The first-order chi connectivity index (χ1) is 16.1. The van der Waals surface area contributed by atoms with E-state index >= 15 is 0 Å². The molecule has 1 fully saturated rings. The highest BCUT2D eigenvalue weighted by atomic mass is 35.5. The van der Waals surface area contributed by atoms with Crippen LogP contribution in [0, 0.1) is 0 Å². The zero-order valence-corrected chi connectivity index (χ0v) is 18.2. The van der Waals surface area contributed by atoms with Gasteiger partial charge in [0.25, 0.3) is 5.91 Å². The molecule has 6 nitrogen and oxygen atoms in total. The Labute approximate surface area is 196 Å². The van der Waals surface area contributed by atoms with Crippen molar-refractivity contribution in [2.75, 3.05) is 0 Å². The van der Waals surface area contributed by atoms with E-state index in [0.29, 0.717) is 0 Å². The summed E-state index contributed by atoms with van der Waals surface area (Å²) in [5.41, 5.74) is -5.93. The average molecular weight is 528 g/mol. The molecule has 0 atom stereocenters. The monoisotopic (exact) mass is 527 g/mol. The number of halogens is 9. The molecule has 1 aromatic carbocycles. The number of benzene rings is 1. The molecule has 188 valence electrons. The van der Waals surface area contributed by atoms with E-state index < -0.39 is 46.7 Å². The molecule has 1 N–H and O–H groups in total. The number of nitrogens with zero attached hydrogens (tertiary/aromatic N) is 4. The number of nitrogens with one attached hydrogen (secondary N) is 1. The van der Waals surface area contributed by atoms with E-state index in [1.807, 2.05) is 0 Å². The molecular formula is C20H14ClF8N5O. The van der Waals surface area contributed by atoms with Crippen LogP contribution in [-0.4, -0.2) is 37.7 Å². The van der Waals surface area contributed by atoms with Gasteiger partial charge in [0.05, 0.1) is 28.2 Å². The second-order valence-electron chi connectivity index (χ2n) is 7.85. The number of alkyl halides is 8. The van der Waals surface area contributed by atoms with Gasteiger partial charge in [-0.2, -0.15) is 45.3 Å². The SMILES string of the molecule is Cn1nc(C(F)(F)C(F)(F)F)c(C(F)(F)F)c1-c1cnn(-c2ccc(Cl)c(C(=O)NC3CC3)c2)c1. The van der Waals surface area contributed by atoms with Crippen LogP contribution in [0.3, 0.4) is 0 Å². The third-order valence-electron chi connectivity index (χ3n) is 5.21. The van der Waals surface area contributed by atoms with Gasteiger partial charge in [0, 0.05) is 24.8 Å². The van der Waals surface area contributed by atoms with E-state index in [-0.39, 0.29) is 27.0 Å². The van der Waals surface area contributed by atoms with Crippen LogP contribution in [0.4, 0.5) is 35.1 Å². The van der Waals surface area contributed by atoms with Crippen molar-refractivity contribution in [2.24, 2.45) is 7.05 Å². The van der Waals surface area contributed by atoms with Gasteiger partial charge in [0.2, 0.25) is 0 Å². The van der Waals surface area contributed by atoms with Crippen LogP contribution in [0.25, 0.3) is 16.9 Å². The third-order valence-corrected chi connectivity index (χ3v) is 5.54. The van der Waals surface area contributed by atoms with Crippen LogP contribution in [0.1, 0.15) is 34.5 Å². The summed E-state index contributed by atoms with van der Waals surface area (Å²) >= 11 is 6.07. The first kappa shape index (κ1) is 24.9. The number of carbonyl (C=O) groups is 1. The number of hydrogen-bond donors (Lipinski definition) is 1. The molecule has 0 saturated heterocycles. The van der Waals surface area contributed by atoms with Gasteiger partial charge in [-0.1, -0.05) is 11.6 Å². The molecule has 2 aromatic heterocycles. The van der Waals surface area contributed by atoms with Crippen LogP contribution in [-0.2, 0) is 19.1 Å². The smallest absolute Gasteiger partial charge is 0.349 e. The number of hydrogen-bond acceptors (Lipinski definition) is 3. The van der Waals surface area contributed by atoms with Crippen molar-refractivity contribution in [3.05, 3.63) is 52.4 Å². The molecule has 1 aliphatic rings. The third kappa shape index (κ3) is 4.58. The van der Waals surface area contributed by atoms with Crippen molar-refractivity contribution < 1.29 is 39.9 Å². The number of rotatable bonds is 5. The summed E-state index contributed by atoms with van der Waals surface area (Å²) in [5, 5.41) is 9.58. The van der Waals surface area contributed by atoms with Crippen molar-refractivity contribution in [3.8, 4) is 16.9 Å². The minimum atomic E-state index is -6.30. The quantitative estimate of drug-likeness (QED) is 0.446. The van der Waals surface area contributed by atoms with E-state index in [9.17, 15) is 39.9 Å². The molecule has 3 aromatic rings. The fourth-order valence-corrected chi connectivity index (χ4v) is 3.59. The van der Waals surface area contributed by atoms with Gasteiger partial charge >= 0.3 is 18.3 Å². The molecule has 15 heteroatoms. The van der Waals surface area contributed by atoms with Gasteiger partial charge < -0.3 is 5.32 Å². The number of amides is 1. The van der Waals surface area contributed by atoms with Crippen molar-refractivity contribution in [1.29, 1.82) is 0 Å². The molecule has 0 bridgehead atoms. The molecule has 1 saturated carbocycles. The highest BCUT2D eigenvalue weighted by molar-refractivity contribution is 6.33. The van der Waals surface area contributed by atoms with Crippen LogP contribution >= 0.6 is 11.6 Å². The van der Waals surface area contributed by atoms with E-state index in [1.54, 1.807) is 0 Å². The molecule has 4 rings (SSSR count). The summed E-state index contributed by atoms with van der Waals surface area (Å²) in [6, 6.07) is 4.08.